The van der Waals surface area contributed by atoms with Crippen LogP contribution in [-0.2, 0) is 16.0 Å². The highest BCUT2D eigenvalue weighted by molar-refractivity contribution is 7.14. The van der Waals surface area contributed by atoms with E-state index in [-0.39, 0.29) is 30.5 Å². The van der Waals surface area contributed by atoms with E-state index in [2.05, 4.69) is 20.9 Å². The number of hydrogen-bond acceptors (Lipinski definition) is 11. The second-order valence-electron chi connectivity index (χ2n) is 11.3. The van der Waals surface area contributed by atoms with Crippen LogP contribution in [0.15, 0.2) is 52.6 Å². The summed E-state index contributed by atoms with van der Waals surface area (Å²) in [4.78, 5) is 43.0. The van der Waals surface area contributed by atoms with Crippen LogP contribution in [0.25, 0.3) is 22.4 Å². The fraction of sp³-hybridized carbons (Fsp3) is 0.314. The summed E-state index contributed by atoms with van der Waals surface area (Å²) in [5, 5.41) is 11.4. The van der Waals surface area contributed by atoms with Gasteiger partial charge in [-0.25, -0.2) is 4.98 Å². The maximum atomic E-state index is 13.5. The van der Waals surface area contributed by atoms with E-state index in [0.717, 1.165) is 27.9 Å². The number of aromatic nitrogens is 1. The van der Waals surface area contributed by atoms with Crippen molar-refractivity contribution in [2.24, 2.45) is 0 Å². The van der Waals surface area contributed by atoms with E-state index < -0.39 is 6.04 Å². The van der Waals surface area contributed by atoms with Crippen molar-refractivity contribution in [1.82, 2.24) is 10.3 Å². The van der Waals surface area contributed by atoms with E-state index in [0.29, 0.717) is 70.9 Å². The van der Waals surface area contributed by atoms with Crippen LogP contribution in [0, 0.1) is 0 Å². The van der Waals surface area contributed by atoms with E-state index in [1.54, 1.807) is 33.5 Å². The van der Waals surface area contributed by atoms with Crippen LogP contribution in [0.2, 0.25) is 0 Å². The molecule has 0 bridgehead atoms. The van der Waals surface area contributed by atoms with Gasteiger partial charge in [0.15, 0.2) is 28.1 Å². The molecule has 3 aromatic carbocycles. The van der Waals surface area contributed by atoms with Crippen LogP contribution in [0.5, 0.6) is 28.7 Å². The van der Waals surface area contributed by atoms with Gasteiger partial charge in [-0.15, -0.1) is 11.3 Å². The number of ether oxygens (including phenoxy) is 5. The lowest BCUT2D eigenvalue weighted by Crippen LogP contribution is -2.26. The third-order valence-corrected chi connectivity index (χ3v) is 8.99. The minimum atomic E-state index is -0.403. The first-order valence-corrected chi connectivity index (χ1v) is 16.3. The molecule has 1 unspecified atom stereocenters. The third kappa shape index (κ3) is 6.72. The molecule has 2 aliphatic rings. The van der Waals surface area contributed by atoms with Crippen molar-refractivity contribution in [2.45, 2.75) is 38.6 Å². The van der Waals surface area contributed by atoms with Gasteiger partial charge in [-0.2, -0.15) is 0 Å². The monoisotopic (exact) mass is 672 g/mol. The Morgan fingerprint density at radius 3 is 2.58 bits per heavy atom. The number of hydrogen-bond donors (Lipinski definition) is 3. The molecule has 1 aromatic heterocycles. The minimum Gasteiger partial charge on any atom is -0.493 e. The van der Waals surface area contributed by atoms with Crippen LogP contribution in [0.1, 0.15) is 43.4 Å². The Balaban J connectivity index is 1.16. The summed E-state index contributed by atoms with van der Waals surface area (Å²) in [6, 6.07) is 12.3. The van der Waals surface area contributed by atoms with Crippen molar-refractivity contribution in [3.63, 3.8) is 0 Å². The van der Waals surface area contributed by atoms with Gasteiger partial charge in [0.1, 0.15) is 0 Å². The van der Waals surface area contributed by atoms with Crippen LogP contribution in [0.4, 0.5) is 10.8 Å². The van der Waals surface area contributed by atoms with Gasteiger partial charge in [0.2, 0.25) is 29.8 Å². The van der Waals surface area contributed by atoms with Gasteiger partial charge in [0.25, 0.3) is 0 Å². The number of carbonyl (C=O) groups excluding carboxylic acids is 2. The van der Waals surface area contributed by atoms with Crippen molar-refractivity contribution in [3.8, 4) is 51.1 Å². The topological polar surface area (TPSA) is 146 Å². The van der Waals surface area contributed by atoms with Gasteiger partial charge in [-0.3, -0.25) is 14.4 Å². The van der Waals surface area contributed by atoms with Gasteiger partial charge < -0.3 is 39.6 Å². The van der Waals surface area contributed by atoms with Crippen molar-refractivity contribution >= 4 is 34.0 Å². The maximum Gasteiger partial charge on any atom is 0.231 e. The lowest BCUT2D eigenvalue weighted by Gasteiger charge is -2.19. The Morgan fingerprint density at radius 1 is 1.00 bits per heavy atom. The van der Waals surface area contributed by atoms with Gasteiger partial charge in [-0.05, 0) is 72.4 Å². The molecule has 3 N–H and O–H groups in total. The van der Waals surface area contributed by atoms with Crippen molar-refractivity contribution in [2.75, 3.05) is 45.3 Å². The molecule has 2 amide bonds. The molecule has 0 saturated carbocycles. The number of rotatable bonds is 11. The summed E-state index contributed by atoms with van der Waals surface area (Å²) in [6.07, 6.45) is 1.88. The summed E-state index contributed by atoms with van der Waals surface area (Å²) < 4.78 is 27.9. The van der Waals surface area contributed by atoms with Crippen LogP contribution < -0.4 is 45.1 Å². The second-order valence-corrected chi connectivity index (χ2v) is 12.1. The molecule has 4 aromatic rings. The summed E-state index contributed by atoms with van der Waals surface area (Å²) >= 11 is 1.34. The second kappa shape index (κ2) is 14.2. The summed E-state index contributed by atoms with van der Waals surface area (Å²) in [7, 11) is 4.67. The molecule has 0 spiro atoms. The predicted molar refractivity (Wildman–Crippen MR) is 183 cm³/mol. The first kappa shape index (κ1) is 32.6. The normalized spacial score (nSPS) is 14.2. The van der Waals surface area contributed by atoms with Gasteiger partial charge in [0, 0.05) is 36.4 Å². The average Bonchev–Trinajstić information content (AvgIpc) is 3.68. The number of anilines is 2. The van der Waals surface area contributed by atoms with E-state index >= 15 is 0 Å². The molecule has 1 aliphatic heterocycles. The molecule has 2 heterocycles. The Kier molecular flexibility index (Phi) is 9.67. The molecule has 0 fully saturated rings. The van der Waals surface area contributed by atoms with Crippen molar-refractivity contribution in [1.29, 1.82) is 0 Å². The summed E-state index contributed by atoms with van der Waals surface area (Å²) in [5.74, 6) is 2.44. The molecule has 6 rings (SSSR count). The Labute approximate surface area is 281 Å². The van der Waals surface area contributed by atoms with E-state index in [4.69, 9.17) is 23.7 Å². The average molecular weight is 673 g/mol. The number of aryl methyl sites for hydroxylation is 1. The van der Waals surface area contributed by atoms with Crippen LogP contribution >= 0.6 is 11.3 Å². The molecule has 13 heteroatoms. The van der Waals surface area contributed by atoms with Crippen molar-refractivity contribution in [3.05, 3.63) is 69.2 Å². The first-order chi connectivity index (χ1) is 23.3. The zero-order valence-electron chi connectivity index (χ0n) is 27.1. The molecule has 250 valence electrons. The van der Waals surface area contributed by atoms with Gasteiger partial charge in [-0.1, -0.05) is 6.07 Å². The van der Waals surface area contributed by atoms with Gasteiger partial charge in [0.05, 0.1) is 38.8 Å². The third-order valence-electron chi connectivity index (χ3n) is 8.23. The van der Waals surface area contributed by atoms with Crippen LogP contribution in [0.3, 0.4) is 0 Å². The van der Waals surface area contributed by atoms with Gasteiger partial charge >= 0.3 is 0 Å². The molecule has 1 aliphatic carbocycles. The smallest absolute Gasteiger partial charge is 0.231 e. The largest absolute Gasteiger partial charge is 0.493 e. The molecule has 0 radical (unpaired) electrons. The lowest BCUT2D eigenvalue weighted by atomic mass is 9.95. The highest BCUT2D eigenvalue weighted by atomic mass is 32.1. The lowest BCUT2D eigenvalue weighted by molar-refractivity contribution is -0.119. The van der Waals surface area contributed by atoms with Crippen LogP contribution in [-0.4, -0.2) is 51.5 Å². The summed E-state index contributed by atoms with van der Waals surface area (Å²) in [6.45, 7) is 2.04. The SMILES string of the molecule is COc1cc2c(c(OC)c1OC)-c1ccc(NCCCC(=O)Nc3nc(-c4ccc5c(c4)OCO5)cs3)c(=O)cc1C(NC(C)=O)CC2. The Hall–Kier alpha value is -5.30. The Morgan fingerprint density at radius 2 is 1.81 bits per heavy atom. The molecular formula is C35H36N4O8S. The number of nitrogens with zero attached hydrogens (tertiary/aromatic N) is 1. The highest BCUT2D eigenvalue weighted by Crippen LogP contribution is 2.50. The zero-order valence-corrected chi connectivity index (χ0v) is 27.9. The number of amides is 2. The van der Waals surface area contributed by atoms with Crippen molar-refractivity contribution < 1.29 is 33.3 Å². The number of thiazole rings is 1. The summed E-state index contributed by atoms with van der Waals surface area (Å²) in [5.41, 5.74) is 4.87. The standard InChI is InChI=1S/C35H36N4O8S/c1-19(40)37-24-10-7-21-15-30(43-2)33(44-3)34(45-4)32(21)22-9-11-25(27(41)16-23(22)24)36-13-5-6-31(42)39-35-38-26(17-48-35)20-8-12-28-29(14-20)47-18-46-28/h8-9,11-12,14-17,24H,5-7,10,13,18H2,1-4H3,(H,36,41)(H,37,40)(H,38,39,42). The minimum absolute atomic E-state index is 0.178. The van der Waals surface area contributed by atoms with E-state index in [9.17, 15) is 14.4 Å². The predicted octanol–water partition coefficient (Wildman–Crippen LogP) is 5.55. The first-order valence-electron chi connectivity index (χ1n) is 15.5. The fourth-order valence-corrected chi connectivity index (χ4v) is 6.76. The highest BCUT2D eigenvalue weighted by Gasteiger charge is 2.29. The molecule has 0 saturated heterocycles. The number of fused-ring (bicyclic) bond motifs is 4. The fourth-order valence-electron chi connectivity index (χ4n) is 6.03. The number of carbonyl (C=O) groups is 2. The zero-order chi connectivity index (χ0) is 33.8. The quantitative estimate of drug-likeness (QED) is 0.174. The molecule has 48 heavy (non-hydrogen) atoms. The van der Waals surface area contributed by atoms with E-state index in [1.165, 1.54) is 18.3 Å². The number of methoxy groups -OCH3 is 3. The maximum absolute atomic E-state index is 13.5. The number of benzene rings is 2. The molecule has 12 nitrogen and oxygen atoms in total. The number of nitrogens with one attached hydrogen (secondary N) is 3. The Bertz CT molecular complexity index is 1930. The molecular weight excluding hydrogens is 636 g/mol. The van der Waals surface area contributed by atoms with E-state index in [1.807, 2.05) is 35.7 Å². The molecule has 1 atom stereocenters.